The molecule has 1 amide bonds. The number of amides is 1. The average molecular weight is 319 g/mol. The number of halogens is 2. The topological polar surface area (TPSA) is 64.3 Å². The van der Waals surface area contributed by atoms with Gasteiger partial charge in [0, 0.05) is 11.6 Å². The quantitative estimate of drug-likeness (QED) is 0.812. The second-order valence-electron chi connectivity index (χ2n) is 4.47. The van der Waals surface area contributed by atoms with Crippen LogP contribution in [0, 0.1) is 0 Å². The van der Waals surface area contributed by atoms with E-state index in [1.807, 2.05) is 6.92 Å². The molecule has 0 aliphatic carbocycles. The molecule has 1 rings (SSSR count). The Labute approximate surface area is 129 Å². The van der Waals surface area contributed by atoms with Crippen LogP contribution in [0.3, 0.4) is 0 Å². The van der Waals surface area contributed by atoms with Gasteiger partial charge in [0.2, 0.25) is 0 Å². The molecule has 3 N–H and O–H groups in total. The predicted molar refractivity (Wildman–Crippen MR) is 82.6 cm³/mol. The number of ether oxygens (including phenoxy) is 1. The molecule has 0 saturated heterocycles. The van der Waals surface area contributed by atoms with E-state index in [9.17, 15) is 4.79 Å². The maximum Gasteiger partial charge on any atom is 0.260 e. The lowest BCUT2D eigenvalue weighted by atomic mass is 10.1. The molecule has 0 saturated carbocycles. The van der Waals surface area contributed by atoms with E-state index in [1.165, 1.54) is 0 Å². The van der Waals surface area contributed by atoms with Crippen molar-refractivity contribution in [1.29, 1.82) is 0 Å². The van der Waals surface area contributed by atoms with Gasteiger partial charge >= 0.3 is 0 Å². The van der Waals surface area contributed by atoms with Crippen molar-refractivity contribution in [1.82, 2.24) is 5.32 Å². The number of carbonyl (C=O) groups excluding carboxylic acids is 1. The minimum absolute atomic E-state index is 0.170. The summed E-state index contributed by atoms with van der Waals surface area (Å²) in [5.41, 5.74) is 6.37. The zero-order valence-electron chi connectivity index (χ0n) is 11.7. The summed E-state index contributed by atoms with van der Waals surface area (Å²) in [6, 6.07) is 3.35. The zero-order chi connectivity index (χ0) is 15.1. The highest BCUT2D eigenvalue weighted by molar-refractivity contribution is 6.35. The Morgan fingerprint density at radius 1 is 1.45 bits per heavy atom. The molecule has 0 radical (unpaired) electrons. The van der Waals surface area contributed by atoms with Gasteiger partial charge in [-0.2, -0.15) is 0 Å². The van der Waals surface area contributed by atoms with Crippen molar-refractivity contribution in [2.75, 3.05) is 13.1 Å². The van der Waals surface area contributed by atoms with Crippen LogP contribution in [-0.2, 0) is 11.2 Å². The fourth-order valence-electron chi connectivity index (χ4n) is 1.71. The van der Waals surface area contributed by atoms with Gasteiger partial charge in [-0.15, -0.1) is 0 Å². The Hall–Kier alpha value is -0.970. The van der Waals surface area contributed by atoms with Crippen LogP contribution in [0.15, 0.2) is 12.1 Å². The molecule has 0 aliphatic rings. The summed E-state index contributed by atoms with van der Waals surface area (Å²) >= 11 is 12.1. The van der Waals surface area contributed by atoms with Crippen molar-refractivity contribution in [3.05, 3.63) is 27.7 Å². The largest absolute Gasteiger partial charge is 0.479 e. The third-order valence-electron chi connectivity index (χ3n) is 2.71. The summed E-state index contributed by atoms with van der Waals surface area (Å²) in [5.74, 6) is 0.303. The number of hydrogen-bond acceptors (Lipinski definition) is 3. The van der Waals surface area contributed by atoms with Crippen LogP contribution >= 0.6 is 23.2 Å². The van der Waals surface area contributed by atoms with Gasteiger partial charge in [0.25, 0.3) is 5.91 Å². The normalized spacial score (nSPS) is 12.1. The SMILES string of the molecule is CCCNC(=O)C(C)Oc1c(Cl)cc(Cl)cc1CCN. The lowest BCUT2D eigenvalue weighted by Crippen LogP contribution is -2.36. The second-order valence-corrected chi connectivity index (χ2v) is 5.31. The van der Waals surface area contributed by atoms with Crippen LogP contribution < -0.4 is 15.8 Å². The van der Waals surface area contributed by atoms with Gasteiger partial charge in [0.1, 0.15) is 5.75 Å². The monoisotopic (exact) mass is 318 g/mol. The molecular weight excluding hydrogens is 299 g/mol. The summed E-state index contributed by atoms with van der Waals surface area (Å²) < 4.78 is 5.68. The Kier molecular flexibility index (Phi) is 7.13. The minimum Gasteiger partial charge on any atom is -0.479 e. The van der Waals surface area contributed by atoms with E-state index in [0.717, 1.165) is 12.0 Å². The number of hydrogen-bond donors (Lipinski definition) is 2. The molecule has 1 aromatic rings. The molecule has 1 atom stereocenters. The molecule has 20 heavy (non-hydrogen) atoms. The molecule has 0 fully saturated rings. The van der Waals surface area contributed by atoms with E-state index in [1.54, 1.807) is 19.1 Å². The second kappa shape index (κ2) is 8.35. The van der Waals surface area contributed by atoms with Crippen molar-refractivity contribution in [3.8, 4) is 5.75 Å². The first kappa shape index (κ1) is 17.1. The first-order valence-electron chi connectivity index (χ1n) is 6.62. The van der Waals surface area contributed by atoms with Crippen LogP contribution in [0.5, 0.6) is 5.75 Å². The molecule has 4 nitrogen and oxygen atoms in total. The summed E-state index contributed by atoms with van der Waals surface area (Å²) in [5, 5.41) is 3.68. The number of rotatable bonds is 7. The van der Waals surface area contributed by atoms with Crippen molar-refractivity contribution in [2.24, 2.45) is 5.73 Å². The average Bonchev–Trinajstić information content (AvgIpc) is 2.39. The van der Waals surface area contributed by atoms with E-state index >= 15 is 0 Å². The Bertz CT molecular complexity index is 467. The van der Waals surface area contributed by atoms with Crippen LogP contribution in [-0.4, -0.2) is 25.1 Å². The fraction of sp³-hybridized carbons (Fsp3) is 0.500. The van der Waals surface area contributed by atoms with Gasteiger partial charge in [-0.1, -0.05) is 30.1 Å². The Morgan fingerprint density at radius 2 is 2.15 bits per heavy atom. The van der Waals surface area contributed by atoms with E-state index < -0.39 is 6.10 Å². The van der Waals surface area contributed by atoms with Gasteiger partial charge in [-0.25, -0.2) is 0 Å². The summed E-state index contributed by atoms with van der Waals surface area (Å²) in [6.07, 6.45) is 0.828. The van der Waals surface area contributed by atoms with Crippen molar-refractivity contribution < 1.29 is 9.53 Å². The fourth-order valence-corrected chi connectivity index (χ4v) is 2.29. The molecular formula is C14H20Cl2N2O2. The van der Waals surface area contributed by atoms with E-state index in [2.05, 4.69) is 5.32 Å². The number of nitrogens with one attached hydrogen (secondary N) is 1. The van der Waals surface area contributed by atoms with Crippen LogP contribution in [0.1, 0.15) is 25.8 Å². The smallest absolute Gasteiger partial charge is 0.260 e. The highest BCUT2D eigenvalue weighted by Gasteiger charge is 2.18. The van der Waals surface area contributed by atoms with Crippen LogP contribution in [0.4, 0.5) is 0 Å². The first-order chi connectivity index (χ1) is 9.49. The van der Waals surface area contributed by atoms with Gasteiger partial charge in [-0.05, 0) is 44.0 Å². The van der Waals surface area contributed by atoms with Gasteiger partial charge < -0.3 is 15.8 Å². The number of benzene rings is 1. The van der Waals surface area contributed by atoms with E-state index in [-0.39, 0.29) is 5.91 Å². The third-order valence-corrected chi connectivity index (χ3v) is 3.21. The molecule has 0 heterocycles. The molecule has 0 spiro atoms. The van der Waals surface area contributed by atoms with Crippen LogP contribution in [0.2, 0.25) is 10.0 Å². The maximum absolute atomic E-state index is 11.8. The highest BCUT2D eigenvalue weighted by Crippen LogP contribution is 2.33. The van der Waals surface area contributed by atoms with Crippen molar-refractivity contribution >= 4 is 29.1 Å². The minimum atomic E-state index is -0.628. The lowest BCUT2D eigenvalue weighted by molar-refractivity contribution is -0.127. The summed E-state index contributed by atoms with van der Waals surface area (Å²) in [7, 11) is 0. The van der Waals surface area contributed by atoms with Crippen LogP contribution in [0.25, 0.3) is 0 Å². The zero-order valence-corrected chi connectivity index (χ0v) is 13.2. The lowest BCUT2D eigenvalue weighted by Gasteiger charge is -2.18. The van der Waals surface area contributed by atoms with Crippen molar-refractivity contribution in [3.63, 3.8) is 0 Å². The predicted octanol–water partition coefficient (Wildman–Crippen LogP) is 2.79. The highest BCUT2D eigenvalue weighted by atomic mass is 35.5. The molecule has 0 bridgehead atoms. The van der Waals surface area contributed by atoms with E-state index in [4.69, 9.17) is 33.7 Å². The molecule has 1 unspecified atom stereocenters. The van der Waals surface area contributed by atoms with E-state index in [0.29, 0.717) is 35.3 Å². The number of carbonyl (C=O) groups is 1. The molecule has 1 aromatic carbocycles. The summed E-state index contributed by atoms with van der Waals surface area (Å²) in [6.45, 7) is 4.74. The summed E-state index contributed by atoms with van der Waals surface area (Å²) in [4.78, 5) is 11.8. The standard InChI is InChI=1S/C14H20Cl2N2O2/c1-3-6-18-14(19)9(2)20-13-10(4-5-17)7-11(15)8-12(13)16/h7-9H,3-6,17H2,1-2H3,(H,18,19). The molecule has 0 aliphatic heterocycles. The molecule has 112 valence electrons. The molecule has 6 heteroatoms. The van der Waals surface area contributed by atoms with Gasteiger partial charge in [-0.3, -0.25) is 4.79 Å². The maximum atomic E-state index is 11.8. The molecule has 0 aromatic heterocycles. The third kappa shape index (κ3) is 4.85. The Balaban J connectivity index is 2.87. The number of nitrogens with two attached hydrogens (primary N) is 1. The first-order valence-corrected chi connectivity index (χ1v) is 7.37. The van der Waals surface area contributed by atoms with Gasteiger partial charge in [0.05, 0.1) is 5.02 Å². The Morgan fingerprint density at radius 3 is 2.75 bits per heavy atom. The van der Waals surface area contributed by atoms with Crippen molar-refractivity contribution in [2.45, 2.75) is 32.8 Å². The van der Waals surface area contributed by atoms with Gasteiger partial charge in [0.15, 0.2) is 6.10 Å².